The van der Waals surface area contributed by atoms with Gasteiger partial charge in [0.2, 0.25) is 0 Å². The van der Waals surface area contributed by atoms with Gasteiger partial charge < -0.3 is 5.11 Å². The van der Waals surface area contributed by atoms with Crippen molar-refractivity contribution in [1.82, 2.24) is 9.97 Å². The van der Waals surface area contributed by atoms with Crippen LogP contribution < -0.4 is 0 Å². The summed E-state index contributed by atoms with van der Waals surface area (Å²) in [6, 6.07) is 7.25. The van der Waals surface area contributed by atoms with Crippen LogP contribution in [-0.4, -0.2) is 15.1 Å². The van der Waals surface area contributed by atoms with Crippen LogP contribution in [0.3, 0.4) is 0 Å². The molecule has 0 radical (unpaired) electrons. The number of nitrogens with zero attached hydrogens (tertiary/aromatic N) is 2. The third kappa shape index (κ3) is 2.66. The standard InChI is InChI=1S/C13H10N2O/c16-10-12-5-7-15-13(8-12)4-3-11-2-1-6-14-9-11/h1-2,5-9,16H,10H2. The summed E-state index contributed by atoms with van der Waals surface area (Å²) >= 11 is 0. The molecule has 2 heterocycles. The van der Waals surface area contributed by atoms with Crippen molar-refractivity contribution >= 4 is 0 Å². The third-order valence-electron chi connectivity index (χ3n) is 2.00. The fraction of sp³-hybridized carbons (Fsp3) is 0.0769. The van der Waals surface area contributed by atoms with Gasteiger partial charge in [0.05, 0.1) is 6.61 Å². The van der Waals surface area contributed by atoms with Gasteiger partial charge in [-0.15, -0.1) is 0 Å². The Balaban J connectivity index is 2.24. The molecular formula is C13H10N2O. The number of hydrogen-bond donors (Lipinski definition) is 1. The van der Waals surface area contributed by atoms with Gasteiger partial charge in [-0.1, -0.05) is 5.92 Å². The Morgan fingerprint density at radius 3 is 2.88 bits per heavy atom. The maximum Gasteiger partial charge on any atom is 0.113 e. The summed E-state index contributed by atoms with van der Waals surface area (Å²) in [5.74, 6) is 5.88. The van der Waals surface area contributed by atoms with E-state index >= 15 is 0 Å². The fourth-order valence-corrected chi connectivity index (χ4v) is 1.21. The van der Waals surface area contributed by atoms with Crippen molar-refractivity contribution in [3.63, 3.8) is 0 Å². The lowest BCUT2D eigenvalue weighted by molar-refractivity contribution is 0.281. The van der Waals surface area contributed by atoms with Crippen LogP contribution in [-0.2, 0) is 6.61 Å². The van der Waals surface area contributed by atoms with E-state index < -0.39 is 0 Å². The van der Waals surface area contributed by atoms with Crippen LogP contribution in [0, 0.1) is 11.8 Å². The van der Waals surface area contributed by atoms with Crippen molar-refractivity contribution in [2.24, 2.45) is 0 Å². The van der Waals surface area contributed by atoms with E-state index in [0.717, 1.165) is 11.1 Å². The van der Waals surface area contributed by atoms with E-state index in [4.69, 9.17) is 5.11 Å². The molecule has 0 unspecified atom stereocenters. The van der Waals surface area contributed by atoms with Crippen molar-refractivity contribution in [2.45, 2.75) is 6.61 Å². The zero-order valence-electron chi connectivity index (χ0n) is 8.59. The second-order valence-electron chi connectivity index (χ2n) is 3.20. The summed E-state index contributed by atoms with van der Waals surface area (Å²) in [7, 11) is 0. The molecule has 0 aliphatic rings. The summed E-state index contributed by atoms with van der Waals surface area (Å²) in [4.78, 5) is 8.07. The second-order valence-corrected chi connectivity index (χ2v) is 3.20. The number of pyridine rings is 2. The molecule has 0 fully saturated rings. The molecule has 0 saturated heterocycles. The van der Waals surface area contributed by atoms with Crippen LogP contribution in [0.25, 0.3) is 0 Å². The molecule has 16 heavy (non-hydrogen) atoms. The Kier molecular flexibility index (Phi) is 3.27. The first-order valence-corrected chi connectivity index (χ1v) is 4.86. The second kappa shape index (κ2) is 5.06. The van der Waals surface area contributed by atoms with Crippen molar-refractivity contribution < 1.29 is 5.11 Å². The minimum Gasteiger partial charge on any atom is -0.392 e. The molecule has 0 spiro atoms. The predicted octanol–water partition coefficient (Wildman–Crippen LogP) is 1.37. The van der Waals surface area contributed by atoms with E-state index in [0.29, 0.717) is 5.69 Å². The predicted molar refractivity (Wildman–Crippen MR) is 60.4 cm³/mol. The average molecular weight is 210 g/mol. The molecule has 2 rings (SSSR count). The van der Waals surface area contributed by atoms with Gasteiger partial charge in [0.15, 0.2) is 0 Å². The van der Waals surface area contributed by atoms with Crippen LogP contribution in [0.2, 0.25) is 0 Å². The number of aromatic nitrogens is 2. The normalized spacial score (nSPS) is 9.31. The van der Waals surface area contributed by atoms with Gasteiger partial charge in [0.1, 0.15) is 5.69 Å². The monoisotopic (exact) mass is 210 g/mol. The summed E-state index contributed by atoms with van der Waals surface area (Å²) in [6.45, 7) is 0.00406. The highest BCUT2D eigenvalue weighted by molar-refractivity contribution is 5.39. The lowest BCUT2D eigenvalue weighted by Gasteiger charge is -1.94. The minimum absolute atomic E-state index is 0.00406. The van der Waals surface area contributed by atoms with Crippen LogP contribution in [0.15, 0.2) is 42.9 Å². The molecule has 0 aromatic carbocycles. The maximum absolute atomic E-state index is 8.96. The van der Waals surface area contributed by atoms with Gasteiger partial charge >= 0.3 is 0 Å². The van der Waals surface area contributed by atoms with Crippen molar-refractivity contribution in [1.29, 1.82) is 0 Å². The van der Waals surface area contributed by atoms with Gasteiger partial charge in [-0.05, 0) is 35.7 Å². The molecule has 0 amide bonds. The average Bonchev–Trinajstić information content (AvgIpc) is 2.38. The van der Waals surface area contributed by atoms with E-state index in [-0.39, 0.29) is 6.61 Å². The summed E-state index contributed by atoms with van der Waals surface area (Å²) in [5, 5.41) is 8.96. The molecular weight excluding hydrogens is 200 g/mol. The quantitative estimate of drug-likeness (QED) is 0.723. The number of hydrogen-bond acceptors (Lipinski definition) is 3. The van der Waals surface area contributed by atoms with E-state index in [1.807, 2.05) is 12.1 Å². The van der Waals surface area contributed by atoms with Gasteiger partial charge in [-0.25, -0.2) is 4.98 Å². The summed E-state index contributed by atoms with van der Waals surface area (Å²) in [5.41, 5.74) is 2.31. The lowest BCUT2D eigenvalue weighted by atomic mass is 10.2. The third-order valence-corrected chi connectivity index (χ3v) is 2.00. The smallest absolute Gasteiger partial charge is 0.113 e. The van der Waals surface area contributed by atoms with Crippen LogP contribution in [0.5, 0.6) is 0 Å². The minimum atomic E-state index is 0.00406. The van der Waals surface area contributed by atoms with Gasteiger partial charge in [-0.3, -0.25) is 4.98 Å². The van der Waals surface area contributed by atoms with Crippen molar-refractivity contribution in [2.75, 3.05) is 0 Å². The first-order chi connectivity index (χ1) is 7.88. The first-order valence-electron chi connectivity index (χ1n) is 4.86. The maximum atomic E-state index is 8.96. The summed E-state index contributed by atoms with van der Waals surface area (Å²) in [6.07, 6.45) is 5.04. The van der Waals surface area contributed by atoms with E-state index in [1.54, 1.807) is 30.7 Å². The molecule has 0 aliphatic carbocycles. The van der Waals surface area contributed by atoms with Crippen LogP contribution >= 0.6 is 0 Å². The van der Waals surface area contributed by atoms with Crippen molar-refractivity contribution in [3.05, 3.63) is 59.7 Å². The molecule has 3 nitrogen and oxygen atoms in total. The Morgan fingerprint density at radius 1 is 1.19 bits per heavy atom. The molecule has 0 atom stereocenters. The van der Waals surface area contributed by atoms with Crippen LogP contribution in [0.1, 0.15) is 16.8 Å². The van der Waals surface area contributed by atoms with Crippen molar-refractivity contribution in [3.8, 4) is 11.8 Å². The number of aliphatic hydroxyl groups excluding tert-OH is 1. The Labute approximate surface area is 93.8 Å². The largest absolute Gasteiger partial charge is 0.392 e. The van der Waals surface area contributed by atoms with Gasteiger partial charge in [0.25, 0.3) is 0 Å². The topological polar surface area (TPSA) is 46.0 Å². The first kappa shape index (κ1) is 10.3. The molecule has 0 bridgehead atoms. The number of aliphatic hydroxyl groups is 1. The number of rotatable bonds is 1. The molecule has 2 aromatic heterocycles. The SMILES string of the molecule is OCc1ccnc(C#Cc2cccnc2)c1. The Bertz CT molecular complexity index is 526. The Morgan fingerprint density at radius 2 is 2.12 bits per heavy atom. The molecule has 0 saturated carbocycles. The van der Waals surface area contributed by atoms with Gasteiger partial charge in [-0.2, -0.15) is 0 Å². The zero-order chi connectivity index (χ0) is 11.2. The molecule has 0 aliphatic heterocycles. The molecule has 3 heteroatoms. The zero-order valence-corrected chi connectivity index (χ0v) is 8.59. The van der Waals surface area contributed by atoms with Crippen LogP contribution in [0.4, 0.5) is 0 Å². The van der Waals surface area contributed by atoms with E-state index in [9.17, 15) is 0 Å². The Hall–Kier alpha value is -2.18. The van der Waals surface area contributed by atoms with E-state index in [2.05, 4.69) is 21.8 Å². The molecule has 78 valence electrons. The highest BCUT2D eigenvalue weighted by Gasteiger charge is 1.92. The van der Waals surface area contributed by atoms with E-state index in [1.165, 1.54) is 0 Å². The highest BCUT2D eigenvalue weighted by Crippen LogP contribution is 2.00. The summed E-state index contributed by atoms with van der Waals surface area (Å²) < 4.78 is 0. The highest BCUT2D eigenvalue weighted by atomic mass is 16.3. The van der Waals surface area contributed by atoms with Gasteiger partial charge in [0, 0.05) is 24.2 Å². The molecule has 2 aromatic rings. The fourth-order valence-electron chi connectivity index (χ4n) is 1.21. The molecule has 1 N–H and O–H groups in total. The lowest BCUT2D eigenvalue weighted by Crippen LogP contribution is -1.87.